The van der Waals surface area contributed by atoms with E-state index in [9.17, 15) is 9.59 Å². The van der Waals surface area contributed by atoms with Crippen LogP contribution in [0.25, 0.3) is 0 Å². The lowest BCUT2D eigenvalue weighted by atomic mass is 10.1. The molecule has 1 saturated heterocycles. The van der Waals surface area contributed by atoms with Crippen molar-refractivity contribution in [3.63, 3.8) is 0 Å². The molecule has 0 radical (unpaired) electrons. The number of carbonyl (C=O) groups excluding carboxylic acids is 2. The lowest BCUT2D eigenvalue weighted by molar-refractivity contribution is 0.0857. The van der Waals surface area contributed by atoms with E-state index < -0.39 is 0 Å². The van der Waals surface area contributed by atoms with Gasteiger partial charge in [0.15, 0.2) is 5.11 Å². The number of thiocarbonyl (C=S) groups is 1. The molecular formula is C20H21N3O3S. The predicted octanol–water partition coefficient (Wildman–Crippen LogP) is 2.72. The van der Waals surface area contributed by atoms with E-state index in [1.54, 1.807) is 48.5 Å². The molecule has 0 spiro atoms. The summed E-state index contributed by atoms with van der Waals surface area (Å²) >= 11 is 5.18. The SMILES string of the molecule is O=C(NC[C@H]1CCCO1)c1cccc(NC(=S)NC(=O)c2ccccc2)c1. The average molecular weight is 383 g/mol. The van der Waals surface area contributed by atoms with Gasteiger partial charge in [0, 0.05) is 30.0 Å². The molecule has 0 bridgehead atoms. The maximum atomic E-state index is 12.3. The molecule has 1 fully saturated rings. The monoisotopic (exact) mass is 383 g/mol. The van der Waals surface area contributed by atoms with Crippen molar-refractivity contribution >= 4 is 34.8 Å². The standard InChI is InChI=1S/C20H21N3O3S/c24-18(21-13-17-10-5-11-26-17)15-8-4-9-16(12-15)22-20(27)23-19(25)14-6-2-1-3-7-14/h1-4,6-9,12,17H,5,10-11,13H2,(H,21,24)(H2,22,23,25,27)/t17-/m1/s1. The molecule has 7 heteroatoms. The Hall–Kier alpha value is -2.77. The van der Waals surface area contributed by atoms with Crippen LogP contribution in [0.3, 0.4) is 0 Å². The Morgan fingerprint density at radius 2 is 1.81 bits per heavy atom. The van der Waals surface area contributed by atoms with E-state index in [0.717, 1.165) is 19.4 Å². The number of nitrogens with one attached hydrogen (secondary N) is 3. The molecule has 1 atom stereocenters. The minimum atomic E-state index is -0.293. The lowest BCUT2D eigenvalue weighted by Gasteiger charge is -2.12. The maximum absolute atomic E-state index is 12.3. The van der Waals surface area contributed by atoms with Gasteiger partial charge < -0.3 is 15.4 Å². The third-order valence-electron chi connectivity index (χ3n) is 4.16. The number of amides is 2. The molecule has 1 heterocycles. The number of carbonyl (C=O) groups is 2. The molecule has 1 aliphatic heterocycles. The van der Waals surface area contributed by atoms with Crippen LogP contribution < -0.4 is 16.0 Å². The van der Waals surface area contributed by atoms with Crippen molar-refractivity contribution in [2.24, 2.45) is 0 Å². The Kier molecular flexibility index (Phi) is 6.51. The molecule has 2 aromatic carbocycles. The Morgan fingerprint density at radius 1 is 1.04 bits per heavy atom. The predicted molar refractivity (Wildman–Crippen MR) is 108 cm³/mol. The molecule has 27 heavy (non-hydrogen) atoms. The van der Waals surface area contributed by atoms with Crippen molar-refractivity contribution in [3.05, 3.63) is 65.7 Å². The van der Waals surface area contributed by atoms with Gasteiger partial charge >= 0.3 is 0 Å². The summed E-state index contributed by atoms with van der Waals surface area (Å²) in [6.45, 7) is 1.26. The molecule has 0 aromatic heterocycles. The largest absolute Gasteiger partial charge is 0.376 e. The fourth-order valence-electron chi connectivity index (χ4n) is 2.78. The number of hydrogen-bond donors (Lipinski definition) is 3. The second-order valence-corrected chi connectivity index (χ2v) is 6.61. The van der Waals surface area contributed by atoms with Gasteiger partial charge in [-0.3, -0.25) is 14.9 Å². The van der Waals surface area contributed by atoms with Crippen LogP contribution >= 0.6 is 12.2 Å². The highest BCUT2D eigenvalue weighted by molar-refractivity contribution is 7.80. The third kappa shape index (κ3) is 5.60. The van der Waals surface area contributed by atoms with Crippen LogP contribution in [-0.4, -0.2) is 36.2 Å². The topological polar surface area (TPSA) is 79.5 Å². The molecule has 0 unspecified atom stereocenters. The summed E-state index contributed by atoms with van der Waals surface area (Å²) in [6.07, 6.45) is 2.10. The first-order chi connectivity index (χ1) is 13.1. The van der Waals surface area contributed by atoms with Crippen molar-refractivity contribution in [2.75, 3.05) is 18.5 Å². The van der Waals surface area contributed by atoms with Crippen molar-refractivity contribution in [2.45, 2.75) is 18.9 Å². The van der Waals surface area contributed by atoms with Crippen LogP contribution in [0.2, 0.25) is 0 Å². The summed E-state index contributed by atoms with van der Waals surface area (Å²) < 4.78 is 5.50. The summed E-state index contributed by atoms with van der Waals surface area (Å²) in [6, 6.07) is 15.8. The van der Waals surface area contributed by atoms with E-state index >= 15 is 0 Å². The molecule has 3 N–H and O–H groups in total. The minimum Gasteiger partial charge on any atom is -0.376 e. The minimum absolute atomic E-state index is 0.0936. The third-order valence-corrected chi connectivity index (χ3v) is 4.36. The van der Waals surface area contributed by atoms with E-state index in [-0.39, 0.29) is 23.0 Å². The van der Waals surface area contributed by atoms with Gasteiger partial charge in [-0.2, -0.15) is 0 Å². The van der Waals surface area contributed by atoms with Gasteiger partial charge in [-0.25, -0.2) is 0 Å². The van der Waals surface area contributed by atoms with Gasteiger partial charge in [0.25, 0.3) is 11.8 Å². The summed E-state index contributed by atoms with van der Waals surface area (Å²) in [5.74, 6) is -0.466. The van der Waals surface area contributed by atoms with Gasteiger partial charge in [0.05, 0.1) is 6.10 Å². The molecule has 1 aliphatic rings. The highest BCUT2D eigenvalue weighted by Gasteiger charge is 2.17. The fraction of sp³-hybridized carbons (Fsp3) is 0.250. The van der Waals surface area contributed by atoms with Crippen LogP contribution in [0, 0.1) is 0 Å². The van der Waals surface area contributed by atoms with E-state index in [1.165, 1.54) is 0 Å². The zero-order valence-electron chi connectivity index (χ0n) is 14.7. The second-order valence-electron chi connectivity index (χ2n) is 6.20. The van der Waals surface area contributed by atoms with E-state index in [0.29, 0.717) is 23.4 Å². The summed E-state index contributed by atoms with van der Waals surface area (Å²) in [5, 5.41) is 8.60. The number of ether oxygens (including phenoxy) is 1. The van der Waals surface area contributed by atoms with Gasteiger partial charge in [0.2, 0.25) is 0 Å². The van der Waals surface area contributed by atoms with Gasteiger partial charge in [0.1, 0.15) is 0 Å². The molecular weight excluding hydrogens is 362 g/mol. The maximum Gasteiger partial charge on any atom is 0.257 e. The zero-order chi connectivity index (χ0) is 19.1. The van der Waals surface area contributed by atoms with E-state index in [4.69, 9.17) is 17.0 Å². The molecule has 140 valence electrons. The first kappa shape index (κ1) is 19.0. The van der Waals surface area contributed by atoms with Crippen molar-refractivity contribution < 1.29 is 14.3 Å². The quantitative estimate of drug-likeness (QED) is 0.692. The highest BCUT2D eigenvalue weighted by Crippen LogP contribution is 2.13. The summed E-state index contributed by atoms with van der Waals surface area (Å²) in [7, 11) is 0. The number of anilines is 1. The first-order valence-corrected chi connectivity index (χ1v) is 9.20. The molecule has 0 saturated carbocycles. The van der Waals surface area contributed by atoms with Crippen molar-refractivity contribution in [3.8, 4) is 0 Å². The van der Waals surface area contributed by atoms with Gasteiger partial charge in [-0.05, 0) is 55.4 Å². The molecule has 2 amide bonds. The normalized spacial score (nSPS) is 15.8. The fourth-order valence-corrected chi connectivity index (χ4v) is 2.99. The number of benzene rings is 2. The Labute approximate surface area is 163 Å². The molecule has 3 rings (SSSR count). The van der Waals surface area contributed by atoms with Crippen molar-refractivity contribution in [1.29, 1.82) is 0 Å². The Bertz CT molecular complexity index is 820. The number of rotatable bonds is 5. The van der Waals surface area contributed by atoms with Gasteiger partial charge in [-0.15, -0.1) is 0 Å². The van der Waals surface area contributed by atoms with Gasteiger partial charge in [-0.1, -0.05) is 24.3 Å². The Morgan fingerprint density at radius 3 is 2.56 bits per heavy atom. The number of hydrogen-bond acceptors (Lipinski definition) is 4. The first-order valence-electron chi connectivity index (χ1n) is 8.79. The van der Waals surface area contributed by atoms with Crippen LogP contribution in [-0.2, 0) is 4.74 Å². The average Bonchev–Trinajstić information content (AvgIpc) is 3.20. The Balaban J connectivity index is 1.54. The summed E-state index contributed by atoms with van der Waals surface area (Å²) in [5.41, 5.74) is 1.65. The van der Waals surface area contributed by atoms with Crippen LogP contribution in [0.15, 0.2) is 54.6 Å². The van der Waals surface area contributed by atoms with Crippen LogP contribution in [0.4, 0.5) is 5.69 Å². The lowest BCUT2D eigenvalue weighted by Crippen LogP contribution is -2.34. The molecule has 6 nitrogen and oxygen atoms in total. The highest BCUT2D eigenvalue weighted by atomic mass is 32.1. The molecule has 0 aliphatic carbocycles. The molecule has 2 aromatic rings. The van der Waals surface area contributed by atoms with Crippen LogP contribution in [0.1, 0.15) is 33.6 Å². The van der Waals surface area contributed by atoms with E-state index in [1.807, 2.05) is 6.07 Å². The summed E-state index contributed by atoms with van der Waals surface area (Å²) in [4.78, 5) is 24.4. The van der Waals surface area contributed by atoms with Crippen LogP contribution in [0.5, 0.6) is 0 Å². The second kappa shape index (κ2) is 9.25. The van der Waals surface area contributed by atoms with Crippen molar-refractivity contribution in [1.82, 2.24) is 10.6 Å². The smallest absolute Gasteiger partial charge is 0.257 e. The van der Waals surface area contributed by atoms with E-state index in [2.05, 4.69) is 16.0 Å². The zero-order valence-corrected chi connectivity index (χ0v) is 15.6.